The molecule has 10 nitrogen and oxygen atoms in total. The number of amides is 2. The van der Waals surface area contributed by atoms with Gasteiger partial charge in [-0.25, -0.2) is 14.4 Å². The molecule has 0 fully saturated rings. The topological polar surface area (TPSA) is 129 Å². The highest BCUT2D eigenvalue weighted by Gasteiger charge is 2.28. The van der Waals surface area contributed by atoms with Gasteiger partial charge in [-0.3, -0.25) is 4.79 Å². The highest BCUT2D eigenvalue weighted by atomic mass is 16.7. The molecule has 2 atom stereocenters. The van der Waals surface area contributed by atoms with Gasteiger partial charge in [0, 0.05) is 6.42 Å². The highest BCUT2D eigenvalue weighted by molar-refractivity contribution is 5.89. The molecule has 0 aliphatic carbocycles. The first-order valence-electron chi connectivity index (χ1n) is 13.6. The third-order valence-electron chi connectivity index (χ3n) is 6.09. The van der Waals surface area contributed by atoms with Crippen molar-refractivity contribution in [3.05, 3.63) is 102 Å². The highest BCUT2D eigenvalue weighted by Crippen LogP contribution is 2.16. The molecular formula is C32H36N2O8. The van der Waals surface area contributed by atoms with Crippen LogP contribution in [0.15, 0.2) is 84.9 Å². The third-order valence-corrected chi connectivity index (χ3v) is 6.09. The van der Waals surface area contributed by atoms with Gasteiger partial charge in [0.05, 0.1) is 7.11 Å². The second kappa shape index (κ2) is 16.4. The number of ether oxygens (including phenoxy) is 4. The van der Waals surface area contributed by atoms with E-state index >= 15 is 0 Å². The molecule has 0 radical (unpaired) electrons. The number of methoxy groups -OCH3 is 1. The predicted molar refractivity (Wildman–Crippen MR) is 154 cm³/mol. The van der Waals surface area contributed by atoms with Gasteiger partial charge in [0.25, 0.3) is 0 Å². The molecule has 10 heteroatoms. The predicted octanol–water partition coefficient (Wildman–Crippen LogP) is 4.94. The molecule has 0 saturated heterocycles. The maximum Gasteiger partial charge on any atom is 0.514 e. The molecule has 0 aliphatic rings. The molecule has 3 rings (SSSR count). The normalized spacial score (nSPS) is 12.0. The number of nitrogens with one attached hydrogen (secondary N) is 2. The number of rotatable bonds is 13. The molecule has 42 heavy (non-hydrogen) atoms. The smallest absolute Gasteiger partial charge is 0.467 e. The molecule has 2 N–H and O–H groups in total. The van der Waals surface area contributed by atoms with Gasteiger partial charge in [0.2, 0.25) is 5.91 Å². The summed E-state index contributed by atoms with van der Waals surface area (Å²) >= 11 is 0. The Hall–Kier alpha value is -4.86. The lowest BCUT2D eigenvalue weighted by atomic mass is 10.0. The minimum Gasteiger partial charge on any atom is -0.467 e. The third kappa shape index (κ3) is 11.0. The zero-order chi connectivity index (χ0) is 30.3. The molecule has 3 aromatic carbocycles. The zero-order valence-electron chi connectivity index (χ0n) is 23.9. The number of hydrogen-bond acceptors (Lipinski definition) is 8. The quantitative estimate of drug-likeness (QED) is 0.166. The van der Waals surface area contributed by atoms with Crippen LogP contribution in [0.1, 0.15) is 37.0 Å². The van der Waals surface area contributed by atoms with Crippen LogP contribution in [0.5, 0.6) is 5.75 Å². The summed E-state index contributed by atoms with van der Waals surface area (Å²) in [5, 5.41) is 5.29. The van der Waals surface area contributed by atoms with Crippen LogP contribution in [0.4, 0.5) is 9.59 Å². The van der Waals surface area contributed by atoms with E-state index < -0.39 is 36.2 Å². The van der Waals surface area contributed by atoms with Crippen molar-refractivity contribution in [2.45, 2.75) is 52.0 Å². The lowest BCUT2D eigenvalue weighted by Gasteiger charge is -2.23. The molecule has 0 saturated carbocycles. The van der Waals surface area contributed by atoms with Crippen molar-refractivity contribution in [3.8, 4) is 5.75 Å². The fourth-order valence-electron chi connectivity index (χ4n) is 3.99. The minimum atomic E-state index is -1.07. The summed E-state index contributed by atoms with van der Waals surface area (Å²) in [6.45, 7) is 3.93. The Morgan fingerprint density at radius 3 is 1.81 bits per heavy atom. The van der Waals surface area contributed by atoms with Crippen molar-refractivity contribution >= 4 is 24.1 Å². The van der Waals surface area contributed by atoms with E-state index in [1.165, 1.54) is 7.11 Å². The van der Waals surface area contributed by atoms with E-state index in [2.05, 4.69) is 10.6 Å². The van der Waals surface area contributed by atoms with Crippen molar-refractivity contribution in [1.29, 1.82) is 0 Å². The fraction of sp³-hybridized carbons (Fsp3) is 0.312. The fourth-order valence-corrected chi connectivity index (χ4v) is 3.99. The van der Waals surface area contributed by atoms with Crippen molar-refractivity contribution in [2.24, 2.45) is 5.92 Å². The van der Waals surface area contributed by atoms with Crippen LogP contribution in [-0.4, -0.2) is 43.3 Å². The summed E-state index contributed by atoms with van der Waals surface area (Å²) < 4.78 is 20.5. The average Bonchev–Trinajstić information content (AvgIpc) is 2.99. The van der Waals surface area contributed by atoms with Crippen molar-refractivity contribution in [2.75, 3.05) is 7.11 Å². The number of alkyl carbamates (subject to hydrolysis) is 1. The summed E-state index contributed by atoms with van der Waals surface area (Å²) in [5.74, 6) is -0.810. The Kier molecular flexibility index (Phi) is 12.4. The first-order valence-corrected chi connectivity index (χ1v) is 13.6. The Bertz CT molecular complexity index is 1300. The first kappa shape index (κ1) is 31.7. The van der Waals surface area contributed by atoms with Crippen LogP contribution in [0.2, 0.25) is 0 Å². The molecule has 0 aromatic heterocycles. The van der Waals surface area contributed by atoms with Crippen LogP contribution >= 0.6 is 0 Å². The lowest BCUT2D eigenvalue weighted by Crippen LogP contribution is -2.53. The van der Waals surface area contributed by atoms with E-state index in [4.69, 9.17) is 18.9 Å². The maximum atomic E-state index is 13.3. The van der Waals surface area contributed by atoms with Gasteiger partial charge in [0.15, 0.2) is 0 Å². The average molecular weight is 577 g/mol. The second-order valence-corrected chi connectivity index (χ2v) is 9.95. The van der Waals surface area contributed by atoms with Gasteiger partial charge >= 0.3 is 18.2 Å². The Labute approximate surface area is 245 Å². The molecule has 222 valence electrons. The van der Waals surface area contributed by atoms with Crippen molar-refractivity contribution in [1.82, 2.24) is 10.6 Å². The van der Waals surface area contributed by atoms with Gasteiger partial charge < -0.3 is 29.6 Å². The standard InChI is InChI=1S/C32H36N2O8/c1-22(2)18-28(30(36)39-3)33-29(35)27(34-31(37)40-20-24-10-6-4-7-11-24)19-23-14-16-26(17-15-23)42-32(38)41-21-25-12-8-5-9-13-25/h4-17,22,27-28H,18-21H2,1-3H3,(H,33,35)(H,34,37)/t27-,28+/m1/s1. The van der Waals surface area contributed by atoms with E-state index in [9.17, 15) is 19.2 Å². The van der Waals surface area contributed by atoms with E-state index in [0.29, 0.717) is 12.0 Å². The molecule has 0 aliphatic heterocycles. The van der Waals surface area contributed by atoms with Gasteiger partial charge in [-0.1, -0.05) is 86.6 Å². The molecule has 0 bridgehead atoms. The molecule has 2 amide bonds. The number of carbonyl (C=O) groups is 4. The minimum absolute atomic E-state index is 0.0194. The summed E-state index contributed by atoms with van der Waals surface area (Å²) in [7, 11) is 1.25. The SMILES string of the molecule is COC(=O)[C@H](CC(C)C)NC(=O)[C@@H](Cc1ccc(OC(=O)OCc2ccccc2)cc1)NC(=O)OCc1ccccc1. The summed E-state index contributed by atoms with van der Waals surface area (Å²) in [6.07, 6.45) is -1.22. The van der Waals surface area contributed by atoms with Gasteiger partial charge in [-0.2, -0.15) is 0 Å². The lowest BCUT2D eigenvalue weighted by molar-refractivity contribution is -0.145. The molecule has 3 aromatic rings. The van der Waals surface area contributed by atoms with E-state index in [-0.39, 0.29) is 31.3 Å². The maximum absolute atomic E-state index is 13.3. The van der Waals surface area contributed by atoms with Crippen molar-refractivity contribution < 1.29 is 38.1 Å². The van der Waals surface area contributed by atoms with Crippen LogP contribution in [0, 0.1) is 5.92 Å². The van der Waals surface area contributed by atoms with E-state index in [1.54, 1.807) is 24.3 Å². The summed E-state index contributed by atoms with van der Waals surface area (Å²) in [4.78, 5) is 50.3. The monoisotopic (exact) mass is 576 g/mol. The van der Waals surface area contributed by atoms with Crippen LogP contribution < -0.4 is 15.4 Å². The second-order valence-electron chi connectivity index (χ2n) is 9.95. The molecule has 0 unspecified atom stereocenters. The summed E-state index contributed by atoms with van der Waals surface area (Å²) in [5.41, 5.74) is 2.27. The Morgan fingerprint density at radius 2 is 1.26 bits per heavy atom. The molecule has 0 spiro atoms. The number of hydrogen-bond donors (Lipinski definition) is 2. The first-order chi connectivity index (χ1) is 20.2. The number of carbonyl (C=O) groups excluding carboxylic acids is 4. The van der Waals surface area contributed by atoms with Crippen LogP contribution in [0.25, 0.3) is 0 Å². The van der Waals surface area contributed by atoms with E-state index in [1.807, 2.05) is 74.5 Å². The van der Waals surface area contributed by atoms with Gasteiger partial charge in [-0.05, 0) is 41.2 Å². The number of benzene rings is 3. The number of esters is 1. The van der Waals surface area contributed by atoms with Crippen LogP contribution in [0.3, 0.4) is 0 Å². The zero-order valence-corrected chi connectivity index (χ0v) is 23.9. The Morgan fingerprint density at radius 1 is 0.690 bits per heavy atom. The van der Waals surface area contributed by atoms with Gasteiger partial charge in [-0.15, -0.1) is 0 Å². The largest absolute Gasteiger partial charge is 0.514 e. The molecular weight excluding hydrogens is 540 g/mol. The van der Waals surface area contributed by atoms with Crippen LogP contribution in [-0.2, 0) is 43.4 Å². The van der Waals surface area contributed by atoms with Gasteiger partial charge in [0.1, 0.15) is 31.0 Å². The summed E-state index contributed by atoms with van der Waals surface area (Å²) in [6, 6.07) is 22.8. The molecule has 0 heterocycles. The Balaban J connectivity index is 1.65. The van der Waals surface area contributed by atoms with E-state index in [0.717, 1.165) is 11.1 Å². The van der Waals surface area contributed by atoms with Crippen molar-refractivity contribution in [3.63, 3.8) is 0 Å².